The molecule has 1 heterocycles. The lowest BCUT2D eigenvalue weighted by Crippen LogP contribution is -2.26. The number of rotatable bonds is 3. The summed E-state index contributed by atoms with van der Waals surface area (Å²) >= 11 is 0. The van der Waals surface area contributed by atoms with E-state index in [2.05, 4.69) is 23.5 Å². The third-order valence-corrected chi connectivity index (χ3v) is 4.62. The van der Waals surface area contributed by atoms with Crippen molar-refractivity contribution in [1.29, 1.82) is 0 Å². The van der Waals surface area contributed by atoms with E-state index in [9.17, 15) is 4.79 Å². The van der Waals surface area contributed by atoms with Crippen molar-refractivity contribution in [3.8, 4) is 0 Å². The molecule has 116 valence electrons. The van der Waals surface area contributed by atoms with Crippen molar-refractivity contribution in [1.82, 2.24) is 5.32 Å². The van der Waals surface area contributed by atoms with Gasteiger partial charge in [0.1, 0.15) is 5.58 Å². The van der Waals surface area contributed by atoms with E-state index in [0.717, 1.165) is 23.0 Å². The van der Waals surface area contributed by atoms with Crippen molar-refractivity contribution in [3.63, 3.8) is 0 Å². The lowest BCUT2D eigenvalue weighted by atomic mass is 10.0. The van der Waals surface area contributed by atoms with E-state index < -0.39 is 0 Å². The minimum Gasteiger partial charge on any atom is -0.451 e. The van der Waals surface area contributed by atoms with Gasteiger partial charge in [0.2, 0.25) is 0 Å². The van der Waals surface area contributed by atoms with Gasteiger partial charge in [-0.15, -0.1) is 0 Å². The molecular formula is C20H19NO2. The zero-order valence-corrected chi connectivity index (χ0v) is 13.1. The molecule has 0 saturated heterocycles. The summed E-state index contributed by atoms with van der Waals surface area (Å²) in [6.45, 7) is 2.01. The van der Waals surface area contributed by atoms with Crippen LogP contribution in [0, 0.1) is 0 Å². The van der Waals surface area contributed by atoms with Crippen LogP contribution in [-0.4, -0.2) is 5.91 Å². The highest BCUT2D eigenvalue weighted by Gasteiger charge is 2.17. The van der Waals surface area contributed by atoms with E-state index in [4.69, 9.17) is 4.42 Å². The highest BCUT2D eigenvalue weighted by Crippen LogP contribution is 2.26. The summed E-state index contributed by atoms with van der Waals surface area (Å²) in [6, 6.07) is 16.0. The average molecular weight is 305 g/mol. The van der Waals surface area contributed by atoms with E-state index in [1.165, 1.54) is 24.0 Å². The number of hydrogen-bond acceptors (Lipinski definition) is 2. The summed E-state index contributed by atoms with van der Waals surface area (Å²) in [6.07, 6.45) is 3.56. The topological polar surface area (TPSA) is 42.2 Å². The molecule has 3 heteroatoms. The minimum atomic E-state index is -0.172. The summed E-state index contributed by atoms with van der Waals surface area (Å²) in [7, 11) is 0. The van der Waals surface area contributed by atoms with Crippen LogP contribution < -0.4 is 5.32 Å². The predicted octanol–water partition coefficient (Wildman–Crippen LogP) is 4.41. The molecule has 1 aromatic heterocycles. The van der Waals surface area contributed by atoms with Gasteiger partial charge in [-0.1, -0.05) is 36.4 Å². The zero-order chi connectivity index (χ0) is 15.8. The third kappa shape index (κ3) is 2.63. The Kier molecular flexibility index (Phi) is 3.41. The summed E-state index contributed by atoms with van der Waals surface area (Å²) < 4.78 is 5.63. The number of nitrogens with one attached hydrogen (secondary N) is 1. The summed E-state index contributed by atoms with van der Waals surface area (Å²) in [5.41, 5.74) is 4.76. The molecule has 0 saturated carbocycles. The van der Waals surface area contributed by atoms with Gasteiger partial charge < -0.3 is 9.73 Å². The molecule has 4 rings (SSSR count). The van der Waals surface area contributed by atoms with Gasteiger partial charge in [-0.25, -0.2) is 0 Å². The molecule has 1 aliphatic carbocycles. The van der Waals surface area contributed by atoms with Gasteiger partial charge >= 0.3 is 0 Å². The molecule has 0 bridgehead atoms. The maximum Gasteiger partial charge on any atom is 0.287 e. The summed E-state index contributed by atoms with van der Waals surface area (Å²) in [4.78, 5) is 12.4. The molecule has 3 aromatic rings. The van der Waals surface area contributed by atoms with E-state index in [-0.39, 0.29) is 11.9 Å². The fourth-order valence-electron chi connectivity index (χ4n) is 3.31. The summed E-state index contributed by atoms with van der Waals surface area (Å²) in [5, 5.41) is 3.98. The molecule has 0 fully saturated rings. The predicted molar refractivity (Wildman–Crippen MR) is 90.6 cm³/mol. The molecule has 0 aliphatic heterocycles. The molecule has 0 spiro atoms. The molecule has 1 aliphatic rings. The molecular weight excluding hydrogens is 286 g/mol. The van der Waals surface area contributed by atoms with Gasteiger partial charge in [0.25, 0.3) is 5.91 Å². The molecule has 23 heavy (non-hydrogen) atoms. The monoisotopic (exact) mass is 305 g/mol. The number of carbonyl (C=O) groups excluding carboxylic acids is 1. The van der Waals surface area contributed by atoms with Crippen LogP contribution in [0.5, 0.6) is 0 Å². The van der Waals surface area contributed by atoms with Crippen LogP contribution in [0.1, 0.15) is 46.6 Å². The van der Waals surface area contributed by atoms with E-state index in [1.807, 2.05) is 31.2 Å². The standard InChI is InChI=1S/C20H19NO2/c1-13(15-10-9-14-6-4-7-16(14)11-15)21-20(22)19-12-17-5-2-3-8-18(17)23-19/h2-3,5,8-13H,4,6-7H2,1H3,(H,21,22)/t13-/m1/s1. The Bertz CT molecular complexity index is 845. The zero-order valence-electron chi connectivity index (χ0n) is 13.1. The number of furan rings is 1. The van der Waals surface area contributed by atoms with Gasteiger partial charge in [-0.05, 0) is 55.0 Å². The maximum atomic E-state index is 12.4. The lowest BCUT2D eigenvalue weighted by Gasteiger charge is -2.14. The Morgan fingerprint density at radius 1 is 1.09 bits per heavy atom. The van der Waals surface area contributed by atoms with Gasteiger partial charge in [0, 0.05) is 5.39 Å². The number of benzene rings is 2. The fraction of sp³-hybridized carbons (Fsp3) is 0.250. The molecule has 1 N–H and O–H groups in total. The number of hydrogen-bond donors (Lipinski definition) is 1. The Labute approximate surface area is 135 Å². The second-order valence-corrected chi connectivity index (χ2v) is 6.23. The number of para-hydroxylation sites is 1. The SMILES string of the molecule is C[C@@H](NC(=O)c1cc2ccccc2o1)c1ccc2c(c1)CCC2. The van der Waals surface area contributed by atoms with Gasteiger partial charge in [0.05, 0.1) is 6.04 Å². The first-order valence-electron chi connectivity index (χ1n) is 8.12. The molecule has 2 aromatic carbocycles. The Hall–Kier alpha value is -2.55. The van der Waals surface area contributed by atoms with Crippen molar-refractivity contribution in [2.75, 3.05) is 0 Å². The molecule has 1 atom stereocenters. The van der Waals surface area contributed by atoms with Crippen molar-refractivity contribution in [3.05, 3.63) is 71.0 Å². The third-order valence-electron chi connectivity index (χ3n) is 4.62. The second-order valence-electron chi connectivity index (χ2n) is 6.23. The molecule has 0 unspecified atom stereocenters. The van der Waals surface area contributed by atoms with Crippen molar-refractivity contribution in [2.24, 2.45) is 0 Å². The minimum absolute atomic E-state index is 0.0402. The first kappa shape index (κ1) is 14.1. The first-order valence-corrected chi connectivity index (χ1v) is 8.12. The number of amides is 1. The van der Waals surface area contributed by atoms with E-state index in [1.54, 1.807) is 6.07 Å². The van der Waals surface area contributed by atoms with E-state index >= 15 is 0 Å². The van der Waals surface area contributed by atoms with Crippen LogP contribution in [0.2, 0.25) is 0 Å². The van der Waals surface area contributed by atoms with Gasteiger partial charge in [-0.2, -0.15) is 0 Å². The fourth-order valence-corrected chi connectivity index (χ4v) is 3.31. The van der Waals surface area contributed by atoms with Crippen LogP contribution in [0.4, 0.5) is 0 Å². The van der Waals surface area contributed by atoms with Crippen LogP contribution >= 0.6 is 0 Å². The number of carbonyl (C=O) groups is 1. The van der Waals surface area contributed by atoms with E-state index in [0.29, 0.717) is 5.76 Å². The highest BCUT2D eigenvalue weighted by atomic mass is 16.3. The number of aryl methyl sites for hydroxylation is 2. The first-order chi connectivity index (χ1) is 11.2. The molecule has 3 nitrogen and oxygen atoms in total. The Balaban J connectivity index is 1.53. The average Bonchev–Trinajstić information content (AvgIpc) is 3.20. The summed E-state index contributed by atoms with van der Waals surface area (Å²) in [5.74, 6) is 0.188. The Morgan fingerprint density at radius 2 is 1.91 bits per heavy atom. The maximum absolute atomic E-state index is 12.4. The smallest absolute Gasteiger partial charge is 0.287 e. The van der Waals surface area contributed by atoms with Crippen molar-refractivity contribution in [2.45, 2.75) is 32.2 Å². The van der Waals surface area contributed by atoms with Crippen molar-refractivity contribution < 1.29 is 9.21 Å². The Morgan fingerprint density at radius 3 is 2.78 bits per heavy atom. The van der Waals surface area contributed by atoms with Gasteiger partial charge in [0.15, 0.2) is 5.76 Å². The second kappa shape index (κ2) is 5.58. The van der Waals surface area contributed by atoms with Crippen LogP contribution in [0.25, 0.3) is 11.0 Å². The molecule has 0 radical (unpaired) electrons. The highest BCUT2D eigenvalue weighted by molar-refractivity contribution is 5.96. The molecule has 1 amide bonds. The van der Waals surface area contributed by atoms with Crippen LogP contribution in [0.3, 0.4) is 0 Å². The normalized spacial score (nSPS) is 14.7. The largest absolute Gasteiger partial charge is 0.451 e. The number of fused-ring (bicyclic) bond motifs is 2. The lowest BCUT2D eigenvalue weighted by molar-refractivity contribution is 0.0914. The van der Waals surface area contributed by atoms with Crippen LogP contribution in [0.15, 0.2) is 52.9 Å². The quantitative estimate of drug-likeness (QED) is 0.778. The van der Waals surface area contributed by atoms with Gasteiger partial charge in [-0.3, -0.25) is 4.79 Å². The van der Waals surface area contributed by atoms with Crippen LogP contribution in [-0.2, 0) is 12.8 Å². The van der Waals surface area contributed by atoms with Crippen molar-refractivity contribution >= 4 is 16.9 Å².